The van der Waals surface area contributed by atoms with Gasteiger partial charge in [-0.15, -0.1) is 0 Å². The van der Waals surface area contributed by atoms with Crippen molar-refractivity contribution in [2.75, 3.05) is 6.61 Å². The van der Waals surface area contributed by atoms with E-state index < -0.39 is 17.9 Å². The smallest absolute Gasteiger partial charge is 0.326 e. The van der Waals surface area contributed by atoms with Crippen LogP contribution in [0.15, 0.2) is 0 Å². The number of aliphatic carboxylic acids is 1. The first-order valence-corrected chi connectivity index (χ1v) is 3.18. The second-order valence-electron chi connectivity index (χ2n) is 2.10. The van der Waals surface area contributed by atoms with E-state index in [1.807, 2.05) is 0 Å². The van der Waals surface area contributed by atoms with Gasteiger partial charge in [0.1, 0.15) is 6.04 Å². The first-order valence-electron chi connectivity index (χ1n) is 3.18. The molecule has 0 aliphatic rings. The molecule has 0 bridgehead atoms. The number of carbonyl (C=O) groups is 2. The number of carbonyl (C=O) groups excluding carboxylic acids is 1. The van der Waals surface area contributed by atoms with Crippen LogP contribution in [0.3, 0.4) is 0 Å². The number of hydrogen-bond donors (Lipinski definition) is 3. The van der Waals surface area contributed by atoms with Crippen LogP contribution in [-0.4, -0.2) is 34.7 Å². The first-order chi connectivity index (χ1) is 5.07. The molecular weight excluding hydrogens is 162 g/mol. The van der Waals surface area contributed by atoms with E-state index in [0.29, 0.717) is 0 Å². The highest BCUT2D eigenvalue weighted by atomic mass is 16.4. The minimum atomic E-state index is -1.13. The second kappa shape index (κ2) is 6.60. The molecule has 3 N–H and O–H groups in total. The van der Waals surface area contributed by atoms with Gasteiger partial charge in [0.15, 0.2) is 0 Å². The van der Waals surface area contributed by atoms with Gasteiger partial charge in [0.05, 0.1) is 0 Å². The van der Waals surface area contributed by atoms with Crippen LogP contribution in [-0.2, 0) is 9.59 Å². The van der Waals surface area contributed by atoms with Gasteiger partial charge >= 0.3 is 5.97 Å². The molecule has 0 aromatic heterocycles. The summed E-state index contributed by atoms with van der Waals surface area (Å²) in [7, 11) is 0. The third-order valence-electron chi connectivity index (χ3n) is 1.09. The molecule has 5 heteroatoms. The maximum absolute atomic E-state index is 10.4. The number of aliphatic hydroxyl groups is 1. The molecule has 0 aliphatic heterocycles. The molecule has 0 aromatic rings. The molecule has 12 heavy (non-hydrogen) atoms. The molecule has 0 rings (SSSR count). The predicted molar refractivity (Wildman–Crippen MR) is 43.7 cm³/mol. The highest BCUT2D eigenvalue weighted by Crippen LogP contribution is 1.90. The third kappa shape index (κ3) is 5.67. The molecule has 72 valence electrons. The Morgan fingerprint density at radius 1 is 1.50 bits per heavy atom. The van der Waals surface area contributed by atoms with E-state index in [9.17, 15) is 9.59 Å². The molecule has 0 aromatic carbocycles. The molecule has 0 unspecified atom stereocenters. The van der Waals surface area contributed by atoms with Crippen LogP contribution in [0.25, 0.3) is 0 Å². The highest BCUT2D eigenvalue weighted by molar-refractivity contribution is 5.81. The van der Waals surface area contributed by atoms with Gasteiger partial charge in [-0.2, -0.15) is 0 Å². The quantitative estimate of drug-likeness (QED) is 0.545. The molecule has 1 atom stereocenters. The number of carboxylic acids is 1. The van der Waals surface area contributed by atoms with Crippen LogP contribution < -0.4 is 5.32 Å². The van der Waals surface area contributed by atoms with E-state index in [1.165, 1.54) is 6.92 Å². The molecule has 0 heterocycles. The van der Waals surface area contributed by atoms with E-state index in [4.69, 9.17) is 10.2 Å². The van der Waals surface area contributed by atoms with Gasteiger partial charge in [-0.25, -0.2) is 4.79 Å². The van der Waals surface area contributed by atoms with E-state index in [-0.39, 0.29) is 20.5 Å². The Labute approximate surface area is 71.4 Å². The molecule has 5 nitrogen and oxygen atoms in total. The van der Waals surface area contributed by atoms with Crippen LogP contribution in [0.2, 0.25) is 0 Å². The second-order valence-corrected chi connectivity index (χ2v) is 2.10. The van der Waals surface area contributed by atoms with Crippen molar-refractivity contribution in [3.63, 3.8) is 0 Å². The normalized spacial score (nSPS) is 11.2. The Kier molecular flexibility index (Phi) is 7.42. The van der Waals surface area contributed by atoms with Crippen molar-refractivity contribution in [1.82, 2.24) is 5.32 Å². The van der Waals surface area contributed by atoms with Crippen molar-refractivity contribution in [3.8, 4) is 0 Å². The van der Waals surface area contributed by atoms with Crippen LogP contribution in [0.4, 0.5) is 0 Å². The maximum Gasteiger partial charge on any atom is 0.326 e. The molecular formula is C7H15NO4. The summed E-state index contributed by atoms with van der Waals surface area (Å²) in [4.78, 5) is 20.7. The molecule has 0 aliphatic carbocycles. The van der Waals surface area contributed by atoms with Crippen molar-refractivity contribution < 1.29 is 19.8 Å². The lowest BCUT2D eigenvalue weighted by Crippen LogP contribution is -2.40. The Bertz CT molecular complexity index is 157. The molecule has 0 saturated heterocycles. The molecule has 0 fully saturated rings. The largest absolute Gasteiger partial charge is 0.480 e. The number of nitrogens with one attached hydrogen (secondary N) is 1. The lowest BCUT2D eigenvalue weighted by atomic mass is 10.2. The summed E-state index contributed by atoms with van der Waals surface area (Å²) < 4.78 is 0. The van der Waals surface area contributed by atoms with Crippen molar-refractivity contribution in [2.45, 2.75) is 26.8 Å². The Morgan fingerprint density at radius 3 is 2.25 bits per heavy atom. The number of carboxylic acid groups (broad SMARTS) is 1. The van der Waals surface area contributed by atoms with Gasteiger partial charge in [0, 0.05) is 20.0 Å². The van der Waals surface area contributed by atoms with Gasteiger partial charge in [0.2, 0.25) is 5.91 Å². The summed E-state index contributed by atoms with van der Waals surface area (Å²) in [6, 6.07) is -0.975. The van der Waals surface area contributed by atoms with Crippen molar-refractivity contribution in [3.05, 3.63) is 0 Å². The van der Waals surface area contributed by atoms with Gasteiger partial charge in [0.25, 0.3) is 0 Å². The van der Waals surface area contributed by atoms with Crippen LogP contribution in [0.5, 0.6) is 0 Å². The molecule has 0 spiro atoms. The van der Waals surface area contributed by atoms with E-state index >= 15 is 0 Å². The van der Waals surface area contributed by atoms with Crippen LogP contribution in [0, 0.1) is 0 Å². The number of hydrogen-bond acceptors (Lipinski definition) is 3. The van der Waals surface area contributed by atoms with Crippen LogP contribution >= 0.6 is 0 Å². The number of rotatable bonds is 4. The lowest BCUT2D eigenvalue weighted by Gasteiger charge is -2.10. The first kappa shape index (κ1) is 13.5. The summed E-state index contributed by atoms with van der Waals surface area (Å²) in [6.07, 6.45) is 0.0366. The van der Waals surface area contributed by atoms with Gasteiger partial charge in [-0.1, -0.05) is 7.43 Å². The fourth-order valence-electron chi connectivity index (χ4n) is 0.632. The minimum absolute atomic E-state index is 0. The fraction of sp³-hybridized carbons (Fsp3) is 0.714. The van der Waals surface area contributed by atoms with Crippen molar-refractivity contribution in [1.29, 1.82) is 0 Å². The van der Waals surface area contributed by atoms with Crippen LogP contribution in [0.1, 0.15) is 20.8 Å². The predicted octanol–water partition coefficient (Wildman–Crippen LogP) is -0.406. The zero-order valence-electron chi connectivity index (χ0n) is 6.20. The Balaban J connectivity index is 0. The lowest BCUT2D eigenvalue weighted by molar-refractivity contribution is -0.142. The molecule has 0 radical (unpaired) electrons. The SMILES string of the molecule is C.CC(=O)N[C@@H](CCO)C(=O)O. The van der Waals surface area contributed by atoms with E-state index in [2.05, 4.69) is 5.32 Å². The molecule has 0 saturated carbocycles. The topological polar surface area (TPSA) is 86.6 Å². The zero-order valence-corrected chi connectivity index (χ0v) is 6.20. The van der Waals surface area contributed by atoms with Gasteiger partial charge in [-0.3, -0.25) is 4.79 Å². The monoisotopic (exact) mass is 177 g/mol. The van der Waals surface area contributed by atoms with Gasteiger partial charge in [-0.05, 0) is 0 Å². The summed E-state index contributed by atoms with van der Waals surface area (Å²) in [5.41, 5.74) is 0. The van der Waals surface area contributed by atoms with E-state index in [1.54, 1.807) is 0 Å². The van der Waals surface area contributed by atoms with Crippen molar-refractivity contribution in [2.24, 2.45) is 0 Å². The maximum atomic E-state index is 10.4. The summed E-state index contributed by atoms with van der Waals surface area (Å²) in [5.74, 6) is -1.54. The third-order valence-corrected chi connectivity index (χ3v) is 1.09. The van der Waals surface area contributed by atoms with Crippen molar-refractivity contribution >= 4 is 11.9 Å². The fourth-order valence-corrected chi connectivity index (χ4v) is 0.632. The Morgan fingerprint density at radius 2 is 2.00 bits per heavy atom. The van der Waals surface area contributed by atoms with E-state index in [0.717, 1.165) is 0 Å². The molecule has 1 amide bonds. The highest BCUT2D eigenvalue weighted by Gasteiger charge is 2.16. The summed E-state index contributed by atoms with van der Waals surface area (Å²) in [5, 5.41) is 19.0. The summed E-state index contributed by atoms with van der Waals surface area (Å²) in [6.45, 7) is 0.977. The minimum Gasteiger partial charge on any atom is -0.480 e. The average molecular weight is 177 g/mol. The number of amides is 1. The standard InChI is InChI=1S/C6H11NO4.CH4/c1-4(9)7-5(2-3-8)6(10)11;/h5,8H,2-3H2,1H3,(H,7,9)(H,10,11);1H4/t5-;/m0./s1. The number of aliphatic hydroxyl groups excluding tert-OH is 1. The zero-order chi connectivity index (χ0) is 8.85. The Hall–Kier alpha value is -1.10. The van der Waals surface area contributed by atoms with Gasteiger partial charge < -0.3 is 15.5 Å². The average Bonchev–Trinajstić information content (AvgIpc) is 1.86. The summed E-state index contributed by atoms with van der Waals surface area (Å²) >= 11 is 0.